The highest BCUT2D eigenvalue weighted by Gasteiger charge is 2.07. The summed E-state index contributed by atoms with van der Waals surface area (Å²) in [5.74, 6) is 0.733. The molecule has 0 aliphatic rings. The van der Waals surface area contributed by atoms with Crippen molar-refractivity contribution in [2.45, 2.75) is 6.61 Å². The van der Waals surface area contributed by atoms with Crippen LogP contribution in [-0.2, 0) is 6.61 Å². The minimum absolute atomic E-state index is 0.533. The van der Waals surface area contributed by atoms with Crippen LogP contribution >= 0.6 is 11.3 Å². The molecule has 0 bridgehead atoms. The van der Waals surface area contributed by atoms with E-state index in [1.54, 1.807) is 11.3 Å². The minimum Gasteiger partial charge on any atom is -0.487 e. The molecule has 0 atom stereocenters. The Balaban J connectivity index is 1.83. The van der Waals surface area contributed by atoms with E-state index in [1.165, 1.54) is 15.6 Å². The standard InChI is InChI=1S/C17H18N2OS/c1-19(2)13-7-8-15(18)16(9-13)20-10-12-11-21-17-6-4-3-5-14(12)17/h3-9,11H,10,18H2,1-2H3. The van der Waals surface area contributed by atoms with Gasteiger partial charge in [0.25, 0.3) is 0 Å². The fourth-order valence-electron chi connectivity index (χ4n) is 2.23. The average Bonchev–Trinajstić information content (AvgIpc) is 2.89. The van der Waals surface area contributed by atoms with E-state index < -0.39 is 0 Å². The molecular weight excluding hydrogens is 280 g/mol. The monoisotopic (exact) mass is 298 g/mol. The number of hydrogen-bond donors (Lipinski definition) is 1. The Bertz CT molecular complexity index is 764. The smallest absolute Gasteiger partial charge is 0.144 e. The molecule has 2 aromatic carbocycles. The topological polar surface area (TPSA) is 38.5 Å². The third kappa shape index (κ3) is 2.81. The molecule has 0 amide bonds. The second-order valence-corrected chi connectivity index (χ2v) is 6.07. The van der Waals surface area contributed by atoms with Crippen molar-refractivity contribution in [3.63, 3.8) is 0 Å². The van der Waals surface area contributed by atoms with E-state index in [-0.39, 0.29) is 0 Å². The maximum atomic E-state index is 6.00. The van der Waals surface area contributed by atoms with Gasteiger partial charge < -0.3 is 15.4 Å². The number of fused-ring (bicyclic) bond motifs is 1. The summed E-state index contributed by atoms with van der Waals surface area (Å²) in [6, 6.07) is 14.2. The molecule has 0 radical (unpaired) electrons. The van der Waals surface area contributed by atoms with E-state index in [0.29, 0.717) is 12.3 Å². The molecule has 0 spiro atoms. The quantitative estimate of drug-likeness (QED) is 0.736. The molecular formula is C17H18N2OS. The van der Waals surface area contributed by atoms with Crippen LogP contribution in [0, 0.1) is 0 Å². The van der Waals surface area contributed by atoms with Gasteiger partial charge in [0.15, 0.2) is 0 Å². The van der Waals surface area contributed by atoms with Crippen molar-refractivity contribution in [2.75, 3.05) is 24.7 Å². The average molecular weight is 298 g/mol. The second kappa shape index (κ2) is 5.66. The van der Waals surface area contributed by atoms with Gasteiger partial charge in [-0.3, -0.25) is 0 Å². The fraction of sp³-hybridized carbons (Fsp3) is 0.176. The number of rotatable bonds is 4. The molecule has 0 saturated carbocycles. The first-order valence-corrected chi connectivity index (χ1v) is 7.68. The highest BCUT2D eigenvalue weighted by Crippen LogP contribution is 2.30. The van der Waals surface area contributed by atoms with Crippen molar-refractivity contribution in [2.24, 2.45) is 0 Å². The van der Waals surface area contributed by atoms with Crippen LogP contribution in [0.2, 0.25) is 0 Å². The maximum absolute atomic E-state index is 6.00. The van der Waals surface area contributed by atoms with Crippen molar-refractivity contribution in [1.82, 2.24) is 0 Å². The molecule has 1 heterocycles. The van der Waals surface area contributed by atoms with Crippen LogP contribution in [0.1, 0.15) is 5.56 Å². The number of hydrogen-bond acceptors (Lipinski definition) is 4. The predicted octanol–water partition coefficient (Wildman–Crippen LogP) is 4.13. The summed E-state index contributed by atoms with van der Waals surface area (Å²) in [6.45, 7) is 0.533. The Labute approximate surface area is 128 Å². The normalized spacial score (nSPS) is 10.8. The lowest BCUT2D eigenvalue weighted by Crippen LogP contribution is -2.09. The first kappa shape index (κ1) is 13.8. The largest absolute Gasteiger partial charge is 0.487 e. The molecule has 0 saturated heterocycles. The molecule has 0 fully saturated rings. The third-order valence-electron chi connectivity index (χ3n) is 3.46. The zero-order valence-electron chi connectivity index (χ0n) is 12.2. The second-order valence-electron chi connectivity index (χ2n) is 5.16. The summed E-state index contributed by atoms with van der Waals surface area (Å²) < 4.78 is 7.22. The minimum atomic E-state index is 0.533. The number of ether oxygens (including phenoxy) is 1. The van der Waals surface area contributed by atoms with Crippen molar-refractivity contribution in [1.29, 1.82) is 0 Å². The molecule has 2 N–H and O–H groups in total. The number of thiophene rings is 1. The van der Waals surface area contributed by atoms with Crippen LogP contribution in [0.5, 0.6) is 5.75 Å². The van der Waals surface area contributed by atoms with E-state index >= 15 is 0 Å². The fourth-order valence-corrected chi connectivity index (χ4v) is 3.17. The Morgan fingerprint density at radius 3 is 2.76 bits per heavy atom. The zero-order chi connectivity index (χ0) is 14.8. The highest BCUT2D eigenvalue weighted by atomic mass is 32.1. The summed E-state index contributed by atoms with van der Waals surface area (Å²) in [6.07, 6.45) is 0. The third-order valence-corrected chi connectivity index (χ3v) is 4.47. The van der Waals surface area contributed by atoms with Gasteiger partial charge in [-0.15, -0.1) is 11.3 Å². The van der Waals surface area contributed by atoms with Crippen LogP contribution in [-0.4, -0.2) is 14.1 Å². The Morgan fingerprint density at radius 2 is 1.95 bits per heavy atom. The number of nitrogens with two attached hydrogens (primary N) is 1. The van der Waals surface area contributed by atoms with Crippen molar-refractivity contribution >= 4 is 32.8 Å². The van der Waals surface area contributed by atoms with E-state index in [2.05, 4.69) is 29.6 Å². The molecule has 21 heavy (non-hydrogen) atoms. The van der Waals surface area contributed by atoms with E-state index in [4.69, 9.17) is 10.5 Å². The number of nitrogen functional groups attached to an aromatic ring is 1. The van der Waals surface area contributed by atoms with Gasteiger partial charge in [-0.25, -0.2) is 0 Å². The molecule has 1 aromatic heterocycles. The Kier molecular flexibility index (Phi) is 3.71. The summed E-state index contributed by atoms with van der Waals surface area (Å²) in [5, 5.41) is 3.40. The number of nitrogens with zero attached hydrogens (tertiary/aromatic N) is 1. The van der Waals surface area contributed by atoms with Gasteiger partial charge in [0.05, 0.1) is 5.69 Å². The number of anilines is 2. The van der Waals surface area contributed by atoms with Crippen LogP contribution < -0.4 is 15.4 Å². The first-order chi connectivity index (χ1) is 10.1. The molecule has 108 valence electrons. The first-order valence-electron chi connectivity index (χ1n) is 6.80. The lowest BCUT2D eigenvalue weighted by molar-refractivity contribution is 0.310. The SMILES string of the molecule is CN(C)c1ccc(N)c(OCc2csc3ccccc23)c1. The van der Waals surface area contributed by atoms with Crippen LogP contribution in [0.4, 0.5) is 11.4 Å². The van der Waals surface area contributed by atoms with E-state index in [1.807, 2.05) is 37.2 Å². The van der Waals surface area contributed by atoms with Gasteiger partial charge in [-0.05, 0) is 29.0 Å². The van der Waals surface area contributed by atoms with Crippen molar-refractivity contribution < 1.29 is 4.74 Å². The molecule has 3 nitrogen and oxygen atoms in total. The van der Waals surface area contributed by atoms with Gasteiger partial charge in [0.2, 0.25) is 0 Å². The molecule has 3 aromatic rings. The summed E-state index contributed by atoms with van der Waals surface area (Å²) in [4.78, 5) is 2.03. The van der Waals surface area contributed by atoms with Gasteiger partial charge in [0.1, 0.15) is 12.4 Å². The van der Waals surface area contributed by atoms with E-state index in [0.717, 1.165) is 11.4 Å². The van der Waals surface area contributed by atoms with E-state index in [9.17, 15) is 0 Å². The molecule has 4 heteroatoms. The maximum Gasteiger partial charge on any atom is 0.144 e. The summed E-state index contributed by atoms with van der Waals surface area (Å²) in [7, 11) is 4.00. The summed E-state index contributed by atoms with van der Waals surface area (Å²) >= 11 is 1.74. The molecule has 0 aliphatic heterocycles. The van der Waals surface area contributed by atoms with Gasteiger partial charge >= 0.3 is 0 Å². The lowest BCUT2D eigenvalue weighted by Gasteiger charge is -2.15. The van der Waals surface area contributed by atoms with Crippen LogP contribution in [0.15, 0.2) is 47.8 Å². The zero-order valence-corrected chi connectivity index (χ0v) is 13.0. The van der Waals surface area contributed by atoms with Gasteiger partial charge in [-0.2, -0.15) is 0 Å². The lowest BCUT2D eigenvalue weighted by atomic mass is 10.2. The van der Waals surface area contributed by atoms with Crippen LogP contribution in [0.25, 0.3) is 10.1 Å². The molecule has 0 aliphatic carbocycles. The van der Waals surface area contributed by atoms with Crippen LogP contribution in [0.3, 0.4) is 0 Å². The Morgan fingerprint density at radius 1 is 1.14 bits per heavy atom. The van der Waals surface area contributed by atoms with Gasteiger partial charge in [0, 0.05) is 36.1 Å². The highest BCUT2D eigenvalue weighted by molar-refractivity contribution is 7.17. The van der Waals surface area contributed by atoms with Crippen molar-refractivity contribution in [3.8, 4) is 5.75 Å². The van der Waals surface area contributed by atoms with Crippen molar-refractivity contribution in [3.05, 3.63) is 53.4 Å². The molecule has 3 rings (SSSR count). The predicted molar refractivity (Wildman–Crippen MR) is 91.3 cm³/mol. The number of benzene rings is 2. The summed E-state index contributed by atoms with van der Waals surface area (Å²) in [5.41, 5.74) is 8.95. The van der Waals surface area contributed by atoms with Gasteiger partial charge in [-0.1, -0.05) is 18.2 Å². The molecule has 0 unspecified atom stereocenters. The Hall–Kier alpha value is -2.20.